The highest BCUT2D eigenvalue weighted by Crippen LogP contribution is 2.37. The predicted molar refractivity (Wildman–Crippen MR) is 104 cm³/mol. The Balaban J connectivity index is 2.06. The molecule has 1 N–H and O–H groups in total. The summed E-state index contributed by atoms with van der Waals surface area (Å²) in [5, 5.41) is 15.6. The Hall–Kier alpha value is -2.93. The summed E-state index contributed by atoms with van der Waals surface area (Å²) in [6, 6.07) is 13.9. The van der Waals surface area contributed by atoms with Crippen molar-refractivity contribution in [2.45, 2.75) is 6.92 Å². The molecule has 6 nitrogen and oxygen atoms in total. The van der Waals surface area contributed by atoms with E-state index >= 15 is 0 Å². The van der Waals surface area contributed by atoms with Crippen molar-refractivity contribution in [1.82, 2.24) is 0 Å². The van der Waals surface area contributed by atoms with E-state index in [0.29, 0.717) is 27.0 Å². The SMILES string of the molecule is COc1c(C(=O)Nc2cccc([N+](=O)[O-])c2C)cc2ccccc2c1Br. The number of carbonyl (C=O) groups excluding carboxylic acids is 1. The highest BCUT2D eigenvalue weighted by molar-refractivity contribution is 9.10. The van der Waals surface area contributed by atoms with Gasteiger partial charge in [0.2, 0.25) is 0 Å². The largest absolute Gasteiger partial charge is 0.495 e. The molecule has 1 amide bonds. The molecular formula is C19H15BrN2O4. The normalized spacial score (nSPS) is 10.6. The van der Waals surface area contributed by atoms with E-state index in [2.05, 4.69) is 21.2 Å². The summed E-state index contributed by atoms with van der Waals surface area (Å²) < 4.78 is 6.10. The van der Waals surface area contributed by atoms with Gasteiger partial charge in [0.1, 0.15) is 5.75 Å². The van der Waals surface area contributed by atoms with Gasteiger partial charge in [0.25, 0.3) is 11.6 Å². The van der Waals surface area contributed by atoms with Gasteiger partial charge in [-0.05, 0) is 45.8 Å². The molecule has 0 unspecified atom stereocenters. The van der Waals surface area contributed by atoms with Crippen LogP contribution in [-0.4, -0.2) is 17.9 Å². The maximum atomic E-state index is 12.8. The standard InChI is InChI=1S/C19H15BrN2O4/c1-11-15(8-5-9-16(11)22(24)25)21-19(23)14-10-12-6-3-4-7-13(12)17(20)18(14)26-2/h3-10H,1-2H3,(H,21,23). The van der Waals surface area contributed by atoms with Crippen molar-refractivity contribution in [3.8, 4) is 5.75 Å². The van der Waals surface area contributed by atoms with Gasteiger partial charge < -0.3 is 10.1 Å². The summed E-state index contributed by atoms with van der Waals surface area (Å²) >= 11 is 3.50. The molecule has 0 radical (unpaired) electrons. The molecule has 3 rings (SSSR count). The zero-order chi connectivity index (χ0) is 18.8. The molecule has 26 heavy (non-hydrogen) atoms. The lowest BCUT2D eigenvalue weighted by molar-refractivity contribution is -0.385. The molecule has 0 atom stereocenters. The summed E-state index contributed by atoms with van der Waals surface area (Å²) in [5.74, 6) is 0.00110. The third-order valence-corrected chi connectivity index (χ3v) is 4.93. The van der Waals surface area contributed by atoms with Crippen LogP contribution in [0.2, 0.25) is 0 Å². The first-order valence-corrected chi connectivity index (χ1v) is 8.54. The lowest BCUT2D eigenvalue weighted by atomic mass is 10.0. The molecule has 0 aliphatic rings. The number of methoxy groups -OCH3 is 1. The van der Waals surface area contributed by atoms with Crippen molar-refractivity contribution in [3.05, 3.63) is 74.2 Å². The van der Waals surface area contributed by atoms with E-state index in [4.69, 9.17) is 4.74 Å². The second-order valence-corrected chi connectivity index (χ2v) is 6.45. The fraction of sp³-hybridized carbons (Fsp3) is 0.105. The van der Waals surface area contributed by atoms with Gasteiger partial charge in [-0.25, -0.2) is 0 Å². The maximum Gasteiger partial charge on any atom is 0.274 e. The summed E-state index contributed by atoms with van der Waals surface area (Å²) in [6.45, 7) is 1.60. The van der Waals surface area contributed by atoms with E-state index in [0.717, 1.165) is 10.8 Å². The Morgan fingerprint density at radius 1 is 1.19 bits per heavy atom. The minimum absolute atomic E-state index is 0.0468. The molecule has 7 heteroatoms. The highest BCUT2D eigenvalue weighted by Gasteiger charge is 2.20. The van der Waals surface area contributed by atoms with Crippen molar-refractivity contribution >= 4 is 44.0 Å². The molecule has 0 bridgehead atoms. The first-order valence-electron chi connectivity index (χ1n) is 7.74. The average molecular weight is 415 g/mol. The number of nitrogens with one attached hydrogen (secondary N) is 1. The van der Waals surface area contributed by atoms with E-state index in [9.17, 15) is 14.9 Å². The van der Waals surface area contributed by atoms with Crippen molar-refractivity contribution in [2.75, 3.05) is 12.4 Å². The van der Waals surface area contributed by atoms with Gasteiger partial charge in [-0.2, -0.15) is 0 Å². The van der Waals surface area contributed by atoms with Gasteiger partial charge in [-0.1, -0.05) is 30.3 Å². The van der Waals surface area contributed by atoms with Gasteiger partial charge in [-0.3, -0.25) is 14.9 Å². The van der Waals surface area contributed by atoms with Crippen molar-refractivity contribution in [2.24, 2.45) is 0 Å². The van der Waals surface area contributed by atoms with Gasteiger partial charge in [0.05, 0.1) is 33.3 Å². The highest BCUT2D eigenvalue weighted by atomic mass is 79.9. The number of anilines is 1. The number of hydrogen-bond acceptors (Lipinski definition) is 4. The Kier molecular flexibility index (Phi) is 4.90. The third-order valence-electron chi connectivity index (χ3n) is 4.14. The van der Waals surface area contributed by atoms with Gasteiger partial charge >= 0.3 is 0 Å². The zero-order valence-corrected chi connectivity index (χ0v) is 15.7. The second-order valence-electron chi connectivity index (χ2n) is 5.65. The number of rotatable bonds is 4. The molecule has 0 spiro atoms. The predicted octanol–water partition coefficient (Wildman–Crippen LogP) is 5.08. The molecule has 3 aromatic carbocycles. The number of amides is 1. The van der Waals surface area contributed by atoms with Gasteiger partial charge in [-0.15, -0.1) is 0 Å². The van der Waals surface area contributed by atoms with Crippen LogP contribution in [0, 0.1) is 17.0 Å². The summed E-state index contributed by atoms with van der Waals surface area (Å²) in [4.78, 5) is 23.5. The minimum Gasteiger partial charge on any atom is -0.495 e. The molecule has 0 aliphatic heterocycles. The minimum atomic E-state index is -0.474. The van der Waals surface area contributed by atoms with Crippen LogP contribution >= 0.6 is 15.9 Å². The monoisotopic (exact) mass is 414 g/mol. The molecule has 3 aromatic rings. The molecule has 0 saturated heterocycles. The zero-order valence-electron chi connectivity index (χ0n) is 14.1. The number of fused-ring (bicyclic) bond motifs is 1. The van der Waals surface area contributed by atoms with Crippen LogP contribution in [-0.2, 0) is 0 Å². The first kappa shape index (κ1) is 17.9. The number of ether oxygens (including phenoxy) is 1. The van der Waals surface area contributed by atoms with Crippen molar-refractivity contribution in [1.29, 1.82) is 0 Å². The average Bonchev–Trinajstić information content (AvgIpc) is 2.63. The van der Waals surface area contributed by atoms with Crippen molar-refractivity contribution < 1.29 is 14.5 Å². The summed E-state index contributed by atoms with van der Waals surface area (Å²) in [7, 11) is 1.49. The van der Waals surface area contributed by atoms with Gasteiger partial charge in [0, 0.05) is 6.07 Å². The Bertz CT molecular complexity index is 1030. The maximum absolute atomic E-state index is 12.8. The van der Waals surface area contributed by atoms with Crippen LogP contribution in [0.3, 0.4) is 0 Å². The molecule has 0 aliphatic carbocycles. The topological polar surface area (TPSA) is 81.5 Å². The Morgan fingerprint density at radius 2 is 1.92 bits per heavy atom. The third kappa shape index (κ3) is 3.13. The smallest absolute Gasteiger partial charge is 0.274 e. The number of nitro groups is 1. The Morgan fingerprint density at radius 3 is 2.62 bits per heavy atom. The van der Waals surface area contributed by atoms with Crippen molar-refractivity contribution in [3.63, 3.8) is 0 Å². The summed E-state index contributed by atoms with van der Waals surface area (Å²) in [6.07, 6.45) is 0. The molecule has 0 fully saturated rings. The molecule has 132 valence electrons. The first-order chi connectivity index (χ1) is 12.4. The van der Waals surface area contributed by atoms with Crippen LogP contribution in [0.1, 0.15) is 15.9 Å². The number of benzene rings is 3. The van der Waals surface area contributed by atoms with Crippen LogP contribution < -0.4 is 10.1 Å². The van der Waals surface area contributed by atoms with Crippen LogP contribution in [0.5, 0.6) is 5.75 Å². The van der Waals surface area contributed by atoms with Crippen LogP contribution in [0.4, 0.5) is 11.4 Å². The quantitative estimate of drug-likeness (QED) is 0.476. The fourth-order valence-corrected chi connectivity index (χ4v) is 3.54. The summed E-state index contributed by atoms with van der Waals surface area (Å²) in [5.41, 5.74) is 1.07. The van der Waals surface area contributed by atoms with E-state index in [-0.39, 0.29) is 5.69 Å². The van der Waals surface area contributed by atoms with E-state index < -0.39 is 10.8 Å². The molecule has 0 aromatic heterocycles. The number of halogens is 1. The molecule has 0 saturated carbocycles. The Labute approximate surface area is 158 Å². The van der Waals surface area contributed by atoms with E-state index in [1.54, 1.807) is 19.1 Å². The van der Waals surface area contributed by atoms with Gasteiger partial charge in [0.15, 0.2) is 0 Å². The fourth-order valence-electron chi connectivity index (χ4n) is 2.80. The lowest BCUT2D eigenvalue weighted by Crippen LogP contribution is -2.14. The lowest BCUT2D eigenvalue weighted by Gasteiger charge is -2.14. The van der Waals surface area contributed by atoms with E-state index in [1.165, 1.54) is 19.2 Å². The number of nitro benzene ring substituents is 1. The van der Waals surface area contributed by atoms with Crippen LogP contribution in [0.25, 0.3) is 10.8 Å². The number of hydrogen-bond donors (Lipinski definition) is 1. The molecular weight excluding hydrogens is 400 g/mol. The number of carbonyl (C=O) groups is 1. The second kappa shape index (κ2) is 7.13. The number of nitrogens with zero attached hydrogens (tertiary/aromatic N) is 1. The van der Waals surface area contributed by atoms with Crippen LogP contribution in [0.15, 0.2) is 53.0 Å². The van der Waals surface area contributed by atoms with E-state index in [1.807, 2.05) is 24.3 Å². The molecule has 0 heterocycles.